The summed E-state index contributed by atoms with van der Waals surface area (Å²) in [5, 5.41) is 3.03. The SMILES string of the molecule is CCCOc1ccccc1CCCNC(=O)c1ccc(CN2CCOCC2)cc1. The summed E-state index contributed by atoms with van der Waals surface area (Å²) >= 11 is 0. The van der Waals surface area contributed by atoms with E-state index in [1.807, 2.05) is 42.5 Å². The van der Waals surface area contributed by atoms with E-state index < -0.39 is 0 Å². The summed E-state index contributed by atoms with van der Waals surface area (Å²) in [5.41, 5.74) is 3.14. The average Bonchev–Trinajstić information content (AvgIpc) is 2.77. The maximum atomic E-state index is 12.4. The fraction of sp³-hybridized carbons (Fsp3) is 0.458. The predicted molar refractivity (Wildman–Crippen MR) is 115 cm³/mol. The second-order valence-electron chi connectivity index (χ2n) is 7.40. The Balaban J connectivity index is 1.41. The molecule has 0 saturated carbocycles. The highest BCUT2D eigenvalue weighted by Crippen LogP contribution is 2.19. The van der Waals surface area contributed by atoms with Gasteiger partial charge in [0.15, 0.2) is 0 Å². The number of para-hydroxylation sites is 1. The van der Waals surface area contributed by atoms with E-state index in [2.05, 4.69) is 23.2 Å². The molecule has 0 unspecified atom stereocenters. The highest BCUT2D eigenvalue weighted by Gasteiger charge is 2.11. The number of carbonyl (C=O) groups is 1. The second kappa shape index (κ2) is 11.6. The van der Waals surface area contributed by atoms with Crippen LogP contribution in [0.3, 0.4) is 0 Å². The molecule has 1 saturated heterocycles. The van der Waals surface area contributed by atoms with Crippen LogP contribution < -0.4 is 10.1 Å². The Morgan fingerprint density at radius 1 is 1.10 bits per heavy atom. The number of rotatable bonds is 10. The molecule has 5 nitrogen and oxygen atoms in total. The van der Waals surface area contributed by atoms with Gasteiger partial charge in [0.1, 0.15) is 5.75 Å². The molecule has 1 aliphatic rings. The minimum atomic E-state index is -0.0153. The summed E-state index contributed by atoms with van der Waals surface area (Å²) in [6.45, 7) is 7.93. The Kier molecular flexibility index (Phi) is 8.53. The van der Waals surface area contributed by atoms with Gasteiger partial charge in [-0.3, -0.25) is 9.69 Å². The van der Waals surface area contributed by atoms with E-state index in [4.69, 9.17) is 9.47 Å². The molecule has 2 aromatic rings. The van der Waals surface area contributed by atoms with Crippen LogP contribution in [0.5, 0.6) is 5.75 Å². The van der Waals surface area contributed by atoms with Gasteiger partial charge >= 0.3 is 0 Å². The van der Waals surface area contributed by atoms with Crippen molar-refractivity contribution in [2.75, 3.05) is 39.5 Å². The second-order valence-corrected chi connectivity index (χ2v) is 7.40. The lowest BCUT2D eigenvalue weighted by atomic mass is 10.1. The molecule has 0 aliphatic carbocycles. The van der Waals surface area contributed by atoms with Crippen molar-refractivity contribution in [1.29, 1.82) is 0 Å². The van der Waals surface area contributed by atoms with Crippen LogP contribution in [0, 0.1) is 0 Å². The molecule has 1 aliphatic heterocycles. The first kappa shape index (κ1) is 21.3. The van der Waals surface area contributed by atoms with Crippen LogP contribution in [-0.4, -0.2) is 50.3 Å². The van der Waals surface area contributed by atoms with Crippen LogP contribution in [-0.2, 0) is 17.7 Å². The lowest BCUT2D eigenvalue weighted by Gasteiger charge is -2.26. The predicted octanol–water partition coefficient (Wildman–Crippen LogP) is 3.67. The standard InChI is InChI=1S/C24H32N2O3/c1-2-16-29-23-8-4-3-6-21(23)7-5-13-25-24(27)22-11-9-20(10-12-22)19-26-14-17-28-18-15-26/h3-4,6,8-12H,2,5,7,13-19H2,1H3,(H,25,27). The fourth-order valence-corrected chi connectivity index (χ4v) is 3.43. The molecule has 0 aromatic heterocycles. The van der Waals surface area contributed by atoms with Crippen LogP contribution in [0.25, 0.3) is 0 Å². The third kappa shape index (κ3) is 6.87. The van der Waals surface area contributed by atoms with Gasteiger partial charge < -0.3 is 14.8 Å². The number of ether oxygens (including phenoxy) is 2. The van der Waals surface area contributed by atoms with Gasteiger partial charge in [0.05, 0.1) is 19.8 Å². The number of hydrogen-bond acceptors (Lipinski definition) is 4. The van der Waals surface area contributed by atoms with E-state index in [1.165, 1.54) is 11.1 Å². The lowest BCUT2D eigenvalue weighted by Crippen LogP contribution is -2.35. The Labute approximate surface area is 174 Å². The molecule has 0 spiro atoms. The molecule has 1 fully saturated rings. The minimum absolute atomic E-state index is 0.0153. The molecular weight excluding hydrogens is 364 g/mol. The summed E-state index contributed by atoms with van der Waals surface area (Å²) < 4.78 is 11.2. The zero-order valence-electron chi connectivity index (χ0n) is 17.4. The van der Waals surface area contributed by atoms with Crippen molar-refractivity contribution in [3.05, 3.63) is 65.2 Å². The van der Waals surface area contributed by atoms with E-state index in [1.54, 1.807) is 0 Å². The number of aryl methyl sites for hydroxylation is 1. The van der Waals surface area contributed by atoms with Crippen LogP contribution >= 0.6 is 0 Å². The lowest BCUT2D eigenvalue weighted by molar-refractivity contribution is 0.0342. The number of benzene rings is 2. The molecule has 0 bridgehead atoms. The molecule has 2 aromatic carbocycles. The molecule has 0 radical (unpaired) electrons. The van der Waals surface area contributed by atoms with Gasteiger partial charge in [0.25, 0.3) is 5.91 Å². The van der Waals surface area contributed by atoms with Crippen LogP contribution in [0.4, 0.5) is 0 Å². The topological polar surface area (TPSA) is 50.8 Å². The molecule has 29 heavy (non-hydrogen) atoms. The van der Waals surface area contributed by atoms with Crippen LogP contribution in [0.2, 0.25) is 0 Å². The summed E-state index contributed by atoms with van der Waals surface area (Å²) in [6.07, 6.45) is 2.77. The normalized spacial score (nSPS) is 14.5. The molecular formula is C24H32N2O3. The zero-order valence-corrected chi connectivity index (χ0v) is 17.4. The van der Waals surface area contributed by atoms with E-state index in [-0.39, 0.29) is 5.91 Å². The average molecular weight is 397 g/mol. The molecule has 1 N–H and O–H groups in total. The molecule has 1 amide bonds. The Morgan fingerprint density at radius 3 is 2.62 bits per heavy atom. The summed E-state index contributed by atoms with van der Waals surface area (Å²) in [7, 11) is 0. The maximum Gasteiger partial charge on any atom is 0.251 e. The molecule has 5 heteroatoms. The van der Waals surface area contributed by atoms with Gasteiger partial charge in [-0.25, -0.2) is 0 Å². The van der Waals surface area contributed by atoms with E-state index >= 15 is 0 Å². The van der Waals surface area contributed by atoms with E-state index in [0.717, 1.165) is 64.5 Å². The van der Waals surface area contributed by atoms with Gasteiger partial charge in [0, 0.05) is 31.7 Å². The van der Waals surface area contributed by atoms with Crippen molar-refractivity contribution >= 4 is 5.91 Å². The zero-order chi connectivity index (χ0) is 20.3. The number of nitrogens with one attached hydrogen (secondary N) is 1. The van der Waals surface area contributed by atoms with E-state index in [9.17, 15) is 4.79 Å². The largest absolute Gasteiger partial charge is 0.493 e. The molecule has 1 heterocycles. The first-order chi connectivity index (χ1) is 14.3. The summed E-state index contributed by atoms with van der Waals surface area (Å²) in [6, 6.07) is 16.1. The highest BCUT2D eigenvalue weighted by atomic mass is 16.5. The van der Waals surface area contributed by atoms with E-state index in [0.29, 0.717) is 12.1 Å². The van der Waals surface area contributed by atoms with Crippen LogP contribution in [0.1, 0.15) is 41.3 Å². The van der Waals surface area contributed by atoms with Crippen LogP contribution in [0.15, 0.2) is 48.5 Å². The number of hydrogen-bond donors (Lipinski definition) is 1. The molecule has 156 valence electrons. The van der Waals surface area contributed by atoms with Crippen molar-refractivity contribution < 1.29 is 14.3 Å². The number of carbonyl (C=O) groups excluding carboxylic acids is 1. The van der Waals surface area contributed by atoms with Gasteiger partial charge in [-0.1, -0.05) is 37.3 Å². The first-order valence-corrected chi connectivity index (χ1v) is 10.6. The third-order valence-corrected chi connectivity index (χ3v) is 5.07. The van der Waals surface area contributed by atoms with Gasteiger partial charge in [-0.15, -0.1) is 0 Å². The number of nitrogens with zero attached hydrogens (tertiary/aromatic N) is 1. The Hall–Kier alpha value is -2.37. The highest BCUT2D eigenvalue weighted by molar-refractivity contribution is 5.94. The maximum absolute atomic E-state index is 12.4. The van der Waals surface area contributed by atoms with Crippen molar-refractivity contribution in [2.45, 2.75) is 32.7 Å². The Morgan fingerprint density at radius 2 is 1.86 bits per heavy atom. The van der Waals surface area contributed by atoms with Crippen molar-refractivity contribution in [3.63, 3.8) is 0 Å². The summed E-state index contributed by atoms with van der Waals surface area (Å²) in [4.78, 5) is 14.8. The summed E-state index contributed by atoms with van der Waals surface area (Å²) in [5.74, 6) is 0.940. The number of amides is 1. The fourth-order valence-electron chi connectivity index (χ4n) is 3.43. The van der Waals surface area contributed by atoms with Crippen molar-refractivity contribution in [1.82, 2.24) is 10.2 Å². The number of morpholine rings is 1. The van der Waals surface area contributed by atoms with Crippen molar-refractivity contribution in [2.24, 2.45) is 0 Å². The molecule has 0 atom stereocenters. The van der Waals surface area contributed by atoms with Gasteiger partial charge in [-0.2, -0.15) is 0 Å². The minimum Gasteiger partial charge on any atom is -0.493 e. The first-order valence-electron chi connectivity index (χ1n) is 10.6. The quantitative estimate of drug-likeness (QED) is 0.623. The van der Waals surface area contributed by atoms with Gasteiger partial charge in [-0.05, 0) is 48.6 Å². The molecule has 3 rings (SSSR count). The smallest absolute Gasteiger partial charge is 0.251 e. The van der Waals surface area contributed by atoms with Gasteiger partial charge in [0.2, 0.25) is 0 Å². The van der Waals surface area contributed by atoms with Crippen molar-refractivity contribution in [3.8, 4) is 5.75 Å². The monoisotopic (exact) mass is 396 g/mol. The third-order valence-electron chi connectivity index (χ3n) is 5.07. The Bertz CT molecular complexity index is 755.